The van der Waals surface area contributed by atoms with Crippen LogP contribution in [0.2, 0.25) is 0 Å². The Morgan fingerprint density at radius 1 is 1.14 bits per heavy atom. The predicted molar refractivity (Wildman–Crippen MR) is 113 cm³/mol. The number of ether oxygens (including phenoxy) is 1. The van der Waals surface area contributed by atoms with Crippen LogP contribution in [-0.4, -0.2) is 52.4 Å². The third-order valence-electron chi connectivity index (χ3n) is 6.79. The molecule has 2 fully saturated rings. The lowest BCUT2D eigenvalue weighted by molar-refractivity contribution is 0.0352. The van der Waals surface area contributed by atoms with E-state index in [0.717, 1.165) is 56.8 Å². The van der Waals surface area contributed by atoms with Gasteiger partial charge in [0.15, 0.2) is 0 Å². The molecular formula is C24H32N2O3. The van der Waals surface area contributed by atoms with E-state index in [-0.39, 0.29) is 5.75 Å². The van der Waals surface area contributed by atoms with Gasteiger partial charge in [0.1, 0.15) is 11.5 Å². The Labute approximate surface area is 173 Å². The second-order valence-corrected chi connectivity index (χ2v) is 8.94. The Bertz CT molecular complexity index is 792. The van der Waals surface area contributed by atoms with Crippen molar-refractivity contribution in [2.24, 2.45) is 11.8 Å². The number of hydrogen-bond acceptors (Lipinski definition) is 5. The minimum Gasteiger partial charge on any atom is -0.506 e. The Kier molecular flexibility index (Phi) is 5.79. The van der Waals surface area contributed by atoms with Crippen molar-refractivity contribution in [2.75, 3.05) is 26.7 Å². The fourth-order valence-electron chi connectivity index (χ4n) is 5.36. The summed E-state index contributed by atoms with van der Waals surface area (Å²) in [5.41, 5.74) is 1.64. The van der Waals surface area contributed by atoms with Gasteiger partial charge in [-0.1, -0.05) is 19.1 Å². The fraction of sp³-hybridized carbons (Fsp3) is 0.542. The Morgan fingerprint density at radius 3 is 2.38 bits per heavy atom. The van der Waals surface area contributed by atoms with Gasteiger partial charge in [-0.25, -0.2) is 0 Å². The molecule has 1 aromatic heterocycles. The summed E-state index contributed by atoms with van der Waals surface area (Å²) in [6, 6.07) is 11.7. The van der Waals surface area contributed by atoms with E-state index in [2.05, 4.69) is 28.9 Å². The molecule has 2 N–H and O–H groups in total. The highest BCUT2D eigenvalue weighted by atomic mass is 16.5. The van der Waals surface area contributed by atoms with Crippen molar-refractivity contribution in [3.05, 3.63) is 53.9 Å². The number of aromatic nitrogens is 1. The van der Waals surface area contributed by atoms with Gasteiger partial charge in [-0.05, 0) is 60.9 Å². The predicted octanol–water partition coefficient (Wildman–Crippen LogP) is 3.61. The quantitative estimate of drug-likeness (QED) is 0.749. The van der Waals surface area contributed by atoms with Gasteiger partial charge in [-0.2, -0.15) is 0 Å². The average molecular weight is 397 g/mol. The molecule has 0 radical (unpaired) electrons. The van der Waals surface area contributed by atoms with Crippen LogP contribution in [0, 0.1) is 11.8 Å². The summed E-state index contributed by atoms with van der Waals surface area (Å²) in [5.74, 6) is 2.60. The Morgan fingerprint density at radius 2 is 1.83 bits per heavy atom. The van der Waals surface area contributed by atoms with Crippen molar-refractivity contribution in [1.82, 2.24) is 9.88 Å². The van der Waals surface area contributed by atoms with Crippen LogP contribution in [0.4, 0.5) is 0 Å². The fourth-order valence-corrected chi connectivity index (χ4v) is 5.36. The van der Waals surface area contributed by atoms with Crippen molar-refractivity contribution in [3.63, 3.8) is 0 Å². The minimum atomic E-state index is -0.585. The number of aromatic hydroxyl groups is 1. The summed E-state index contributed by atoms with van der Waals surface area (Å²) in [6.45, 7) is 5.32. The molecule has 2 aromatic rings. The zero-order valence-electron chi connectivity index (χ0n) is 17.4. The van der Waals surface area contributed by atoms with Gasteiger partial charge >= 0.3 is 0 Å². The van der Waals surface area contributed by atoms with Gasteiger partial charge in [0.25, 0.3) is 0 Å². The second kappa shape index (κ2) is 8.33. The van der Waals surface area contributed by atoms with E-state index in [9.17, 15) is 10.2 Å². The maximum atomic E-state index is 11.2. The summed E-state index contributed by atoms with van der Waals surface area (Å²) < 4.78 is 5.23. The number of fused-ring (bicyclic) bond motifs is 1. The summed E-state index contributed by atoms with van der Waals surface area (Å²) in [6.07, 6.45) is 5.06. The SMILES string of the molecule is CCC(CN1C[C@@H]2C[C@@](O)(Cc3ccc(OC)cc3)C[C@@H]2C1)c1ccc(O)cn1. The highest BCUT2D eigenvalue weighted by Gasteiger charge is 2.48. The van der Waals surface area contributed by atoms with Crippen LogP contribution in [-0.2, 0) is 6.42 Å². The first kappa shape index (κ1) is 20.2. The van der Waals surface area contributed by atoms with Gasteiger partial charge in [0.2, 0.25) is 0 Å². The molecule has 2 heterocycles. The lowest BCUT2D eigenvalue weighted by atomic mass is 9.91. The summed E-state index contributed by atoms with van der Waals surface area (Å²) in [4.78, 5) is 6.97. The molecule has 1 aromatic carbocycles. The van der Waals surface area contributed by atoms with Crippen LogP contribution in [0.3, 0.4) is 0 Å². The van der Waals surface area contributed by atoms with Gasteiger partial charge in [0, 0.05) is 37.7 Å². The maximum Gasteiger partial charge on any atom is 0.133 e. The highest BCUT2D eigenvalue weighted by molar-refractivity contribution is 5.28. The molecule has 0 bridgehead atoms. The third-order valence-corrected chi connectivity index (χ3v) is 6.79. The maximum absolute atomic E-state index is 11.2. The van der Waals surface area contributed by atoms with Crippen molar-refractivity contribution in [2.45, 2.75) is 44.1 Å². The number of methoxy groups -OCH3 is 1. The number of likely N-dealkylation sites (tertiary alicyclic amines) is 1. The molecule has 1 saturated carbocycles. The van der Waals surface area contributed by atoms with Crippen LogP contribution >= 0.6 is 0 Å². The molecule has 0 spiro atoms. The number of benzene rings is 1. The molecule has 5 heteroatoms. The van der Waals surface area contributed by atoms with E-state index < -0.39 is 5.60 Å². The van der Waals surface area contributed by atoms with Crippen molar-refractivity contribution < 1.29 is 14.9 Å². The first-order chi connectivity index (χ1) is 14.0. The molecule has 1 saturated heterocycles. The monoisotopic (exact) mass is 396 g/mol. The molecule has 1 unspecified atom stereocenters. The molecule has 0 amide bonds. The topological polar surface area (TPSA) is 65.8 Å². The number of rotatable bonds is 7. The first-order valence-electron chi connectivity index (χ1n) is 10.7. The molecule has 4 atom stereocenters. The lowest BCUT2D eigenvalue weighted by Gasteiger charge is -2.27. The zero-order valence-corrected chi connectivity index (χ0v) is 17.4. The number of pyridine rings is 1. The van der Waals surface area contributed by atoms with Gasteiger partial charge in [0.05, 0.1) is 18.9 Å². The van der Waals surface area contributed by atoms with E-state index in [4.69, 9.17) is 4.74 Å². The standard InChI is InChI=1S/C24H32N2O3/c1-3-18(23-9-6-21(27)13-25-23)14-26-15-19-11-24(28,12-20(19)16-26)10-17-4-7-22(29-2)8-5-17/h4-9,13,18-20,27-28H,3,10-12,14-16H2,1-2H3/t18?,19-,20+,24-. The van der Waals surface area contributed by atoms with Gasteiger partial charge in [-0.3, -0.25) is 4.98 Å². The van der Waals surface area contributed by atoms with Crippen molar-refractivity contribution >= 4 is 0 Å². The lowest BCUT2D eigenvalue weighted by Crippen LogP contribution is -2.33. The first-order valence-corrected chi connectivity index (χ1v) is 10.7. The molecule has 156 valence electrons. The molecule has 5 nitrogen and oxygen atoms in total. The summed E-state index contributed by atoms with van der Waals surface area (Å²) >= 11 is 0. The van der Waals surface area contributed by atoms with E-state index in [1.807, 2.05) is 18.2 Å². The van der Waals surface area contributed by atoms with E-state index >= 15 is 0 Å². The summed E-state index contributed by atoms with van der Waals surface area (Å²) in [5, 5.41) is 20.7. The van der Waals surface area contributed by atoms with Crippen LogP contribution in [0.25, 0.3) is 0 Å². The van der Waals surface area contributed by atoms with E-state index in [1.165, 1.54) is 11.8 Å². The molecule has 2 aliphatic rings. The average Bonchev–Trinajstić information content (AvgIpc) is 3.21. The van der Waals surface area contributed by atoms with Crippen molar-refractivity contribution in [3.8, 4) is 11.5 Å². The van der Waals surface area contributed by atoms with E-state index in [1.54, 1.807) is 13.2 Å². The third kappa shape index (κ3) is 4.57. The smallest absolute Gasteiger partial charge is 0.133 e. The van der Waals surface area contributed by atoms with Crippen LogP contribution in [0.15, 0.2) is 42.6 Å². The Balaban J connectivity index is 1.33. The molecule has 4 rings (SSSR count). The molecule has 1 aliphatic carbocycles. The highest BCUT2D eigenvalue weighted by Crippen LogP contribution is 2.45. The van der Waals surface area contributed by atoms with Crippen LogP contribution in [0.1, 0.15) is 43.4 Å². The normalized spacial score (nSPS) is 27.7. The Hall–Kier alpha value is -2.11. The number of nitrogens with zero attached hydrogens (tertiary/aromatic N) is 2. The van der Waals surface area contributed by atoms with Crippen molar-refractivity contribution in [1.29, 1.82) is 0 Å². The number of aliphatic hydroxyl groups is 1. The molecule has 1 aliphatic heterocycles. The van der Waals surface area contributed by atoms with Gasteiger partial charge < -0.3 is 19.8 Å². The number of hydrogen-bond donors (Lipinski definition) is 2. The zero-order chi connectivity index (χ0) is 20.4. The molecular weight excluding hydrogens is 364 g/mol. The second-order valence-electron chi connectivity index (χ2n) is 8.94. The van der Waals surface area contributed by atoms with Crippen LogP contribution < -0.4 is 4.74 Å². The van der Waals surface area contributed by atoms with Gasteiger partial charge in [-0.15, -0.1) is 0 Å². The summed E-state index contributed by atoms with van der Waals surface area (Å²) in [7, 11) is 1.67. The minimum absolute atomic E-state index is 0.218. The molecule has 29 heavy (non-hydrogen) atoms. The largest absolute Gasteiger partial charge is 0.506 e. The van der Waals surface area contributed by atoms with Crippen LogP contribution in [0.5, 0.6) is 11.5 Å². The van der Waals surface area contributed by atoms with E-state index in [0.29, 0.717) is 17.8 Å².